The van der Waals surface area contributed by atoms with Crippen molar-refractivity contribution in [1.29, 1.82) is 0 Å². The zero-order valence-corrected chi connectivity index (χ0v) is 22.7. The topological polar surface area (TPSA) is 23.6 Å². The summed E-state index contributed by atoms with van der Waals surface area (Å²) < 4.78 is -0.371. The fourth-order valence-corrected chi connectivity index (χ4v) is 8.79. The minimum absolute atomic E-state index is 0.139. The van der Waals surface area contributed by atoms with E-state index in [-0.39, 0.29) is 10.6 Å². The summed E-state index contributed by atoms with van der Waals surface area (Å²) in [5.41, 5.74) is 3.48. The van der Waals surface area contributed by atoms with E-state index in [2.05, 4.69) is 69.8 Å². The van der Waals surface area contributed by atoms with Crippen LogP contribution in [0.5, 0.6) is 0 Å². The number of fused-ring (bicyclic) bond motifs is 1. The van der Waals surface area contributed by atoms with Crippen LogP contribution in [0.1, 0.15) is 58.9 Å². The van der Waals surface area contributed by atoms with Crippen LogP contribution in [-0.4, -0.2) is 47.7 Å². The highest BCUT2D eigenvalue weighted by atomic mass is 32.2. The minimum atomic E-state index is -0.510. The van der Waals surface area contributed by atoms with Gasteiger partial charge in [-0.15, -0.1) is 47.0 Å². The van der Waals surface area contributed by atoms with Crippen LogP contribution in [0.25, 0.3) is 0 Å². The third-order valence-corrected chi connectivity index (χ3v) is 11.4. The van der Waals surface area contributed by atoms with Gasteiger partial charge < -0.3 is 4.90 Å². The van der Waals surface area contributed by atoms with Gasteiger partial charge in [-0.2, -0.15) is 0 Å². The molecular weight excluding hydrogens is 449 g/mol. The van der Waals surface area contributed by atoms with E-state index in [1.54, 1.807) is 0 Å². The van der Waals surface area contributed by atoms with Crippen LogP contribution >= 0.6 is 47.0 Å². The average molecular weight is 487 g/mol. The molecule has 0 unspecified atom stereocenters. The number of benzene rings is 1. The molecule has 1 aromatic carbocycles. The summed E-state index contributed by atoms with van der Waals surface area (Å²) in [5.74, 6) is 4.43. The predicted octanol–water partition coefficient (Wildman–Crippen LogP) is 7.11. The van der Waals surface area contributed by atoms with Gasteiger partial charge in [0.1, 0.15) is 4.71 Å². The van der Waals surface area contributed by atoms with Gasteiger partial charge in [0.15, 0.2) is 4.08 Å². The molecule has 0 fully saturated rings. The molecule has 2 rings (SSSR count). The molecule has 0 atom stereocenters. The maximum Gasteiger partial charge on any atom is 0.259 e. The van der Waals surface area contributed by atoms with Crippen LogP contribution in [0.4, 0.5) is 11.4 Å². The highest BCUT2D eigenvalue weighted by molar-refractivity contribution is 8.19. The fourth-order valence-electron chi connectivity index (χ4n) is 3.32. The first-order valence-electron chi connectivity index (χ1n) is 11.1. The molecule has 1 aromatic rings. The van der Waals surface area contributed by atoms with Crippen molar-refractivity contribution < 1.29 is 4.79 Å². The Hall–Kier alpha value is -0.110. The molecule has 7 heteroatoms. The summed E-state index contributed by atoms with van der Waals surface area (Å²) in [6.07, 6.45) is 4.41. The van der Waals surface area contributed by atoms with E-state index in [9.17, 15) is 4.79 Å². The van der Waals surface area contributed by atoms with Crippen molar-refractivity contribution in [3.8, 4) is 0 Å². The van der Waals surface area contributed by atoms with Gasteiger partial charge in [-0.1, -0.05) is 33.8 Å². The van der Waals surface area contributed by atoms with Gasteiger partial charge in [0, 0.05) is 25.3 Å². The van der Waals surface area contributed by atoms with Gasteiger partial charge >= 0.3 is 0 Å². The van der Waals surface area contributed by atoms with Crippen molar-refractivity contribution in [2.45, 2.75) is 62.2 Å². The second-order valence-corrected chi connectivity index (χ2v) is 13.2. The Kier molecular flexibility index (Phi) is 11.2. The molecule has 1 amide bonds. The van der Waals surface area contributed by atoms with E-state index < -0.39 is 4.08 Å². The van der Waals surface area contributed by atoms with Gasteiger partial charge in [-0.25, -0.2) is 0 Å². The standard InChI is InChI=1S/C23H38N2OS4/c1-7-13-27-22(28-14-8-2)25-20-17-18(24(5)6)11-12-19(20)23(21(25)26,29-15-9-3)30-16-10-4/h11-12,17,22H,7-10,13-16H2,1-6H3. The summed E-state index contributed by atoms with van der Waals surface area (Å²) in [4.78, 5) is 18.5. The molecular formula is C23H38N2OS4. The lowest BCUT2D eigenvalue weighted by Gasteiger charge is -2.31. The van der Waals surface area contributed by atoms with E-state index >= 15 is 0 Å². The molecule has 0 spiro atoms. The van der Waals surface area contributed by atoms with Gasteiger partial charge in [-0.3, -0.25) is 9.69 Å². The second-order valence-electron chi connectivity index (χ2n) is 7.63. The quantitative estimate of drug-likeness (QED) is 0.260. The highest BCUT2D eigenvalue weighted by Gasteiger charge is 2.53. The molecule has 0 aliphatic carbocycles. The number of thioether (sulfide) groups is 4. The number of hydrogen-bond donors (Lipinski definition) is 0. The summed E-state index contributed by atoms with van der Waals surface area (Å²) in [5, 5.41) is 0. The number of rotatable bonds is 14. The molecule has 0 N–H and O–H groups in total. The number of amides is 1. The third-order valence-electron chi connectivity index (χ3n) is 4.77. The predicted molar refractivity (Wildman–Crippen MR) is 145 cm³/mol. The molecule has 0 aromatic heterocycles. The third kappa shape index (κ3) is 5.81. The van der Waals surface area contributed by atoms with Crippen molar-refractivity contribution in [3.05, 3.63) is 23.8 Å². The smallest absolute Gasteiger partial charge is 0.259 e. The molecule has 1 aliphatic heterocycles. The SMILES string of the molecule is CCCSC(SCCC)N1C(=O)C(SCCC)(SCCC)c2ccc(N(C)C)cc21. The van der Waals surface area contributed by atoms with E-state index in [1.165, 1.54) is 5.56 Å². The van der Waals surface area contributed by atoms with Crippen LogP contribution in [0.15, 0.2) is 18.2 Å². The zero-order valence-electron chi connectivity index (χ0n) is 19.4. The van der Waals surface area contributed by atoms with Gasteiger partial charge in [0.25, 0.3) is 5.91 Å². The normalized spacial score (nSPS) is 15.2. The minimum Gasteiger partial charge on any atom is -0.378 e. The Morgan fingerprint density at radius 3 is 1.90 bits per heavy atom. The lowest BCUT2D eigenvalue weighted by molar-refractivity contribution is -0.118. The first-order valence-corrected chi connectivity index (χ1v) is 15.2. The molecule has 3 nitrogen and oxygen atoms in total. The molecule has 1 heterocycles. The van der Waals surface area contributed by atoms with Gasteiger partial charge in [0.05, 0.1) is 5.69 Å². The van der Waals surface area contributed by atoms with Crippen LogP contribution in [0, 0.1) is 0 Å². The number of carbonyl (C=O) groups is 1. The van der Waals surface area contributed by atoms with Crippen molar-refractivity contribution in [1.82, 2.24) is 0 Å². The first-order chi connectivity index (χ1) is 14.5. The Morgan fingerprint density at radius 1 is 0.900 bits per heavy atom. The Balaban J connectivity index is 2.58. The summed E-state index contributed by atoms with van der Waals surface area (Å²) in [6.45, 7) is 8.85. The summed E-state index contributed by atoms with van der Waals surface area (Å²) >= 11 is 7.54. The van der Waals surface area contributed by atoms with Crippen LogP contribution in [-0.2, 0) is 8.87 Å². The van der Waals surface area contributed by atoms with E-state index in [1.807, 2.05) is 47.0 Å². The van der Waals surface area contributed by atoms with Crippen LogP contribution in [0.2, 0.25) is 0 Å². The van der Waals surface area contributed by atoms with E-state index in [0.29, 0.717) is 0 Å². The maximum absolute atomic E-state index is 14.2. The van der Waals surface area contributed by atoms with Gasteiger partial charge in [0.2, 0.25) is 0 Å². The summed E-state index contributed by atoms with van der Waals surface area (Å²) in [7, 11) is 4.14. The molecule has 170 valence electrons. The number of nitrogens with zero attached hydrogens (tertiary/aromatic N) is 2. The monoisotopic (exact) mass is 486 g/mol. The van der Waals surface area contributed by atoms with Crippen LogP contribution < -0.4 is 9.80 Å². The molecule has 0 saturated heterocycles. The molecule has 1 aliphatic rings. The lowest BCUT2D eigenvalue weighted by atomic mass is 10.1. The highest BCUT2D eigenvalue weighted by Crippen LogP contribution is 2.58. The molecule has 0 radical (unpaired) electrons. The van der Waals surface area contributed by atoms with Gasteiger partial charge in [-0.05, 0) is 60.8 Å². The Morgan fingerprint density at radius 2 is 1.43 bits per heavy atom. The largest absolute Gasteiger partial charge is 0.378 e. The number of anilines is 2. The lowest BCUT2D eigenvalue weighted by Crippen LogP contribution is -2.40. The molecule has 0 saturated carbocycles. The number of carbonyl (C=O) groups excluding carboxylic acids is 1. The first kappa shape index (κ1) is 26.1. The van der Waals surface area contributed by atoms with Crippen molar-refractivity contribution >= 4 is 64.3 Å². The Bertz CT molecular complexity index is 667. The Labute approximate surface area is 201 Å². The number of hydrogen-bond acceptors (Lipinski definition) is 6. The molecule has 0 bridgehead atoms. The van der Waals surface area contributed by atoms with Crippen molar-refractivity contribution in [2.75, 3.05) is 46.9 Å². The van der Waals surface area contributed by atoms with Crippen molar-refractivity contribution in [3.63, 3.8) is 0 Å². The van der Waals surface area contributed by atoms with E-state index in [0.717, 1.165) is 60.1 Å². The average Bonchev–Trinajstić information content (AvgIpc) is 2.98. The van der Waals surface area contributed by atoms with E-state index in [4.69, 9.17) is 0 Å². The van der Waals surface area contributed by atoms with Crippen LogP contribution in [0.3, 0.4) is 0 Å². The molecule has 30 heavy (non-hydrogen) atoms. The second kappa shape index (κ2) is 12.8. The fraction of sp³-hybridized carbons (Fsp3) is 0.696. The maximum atomic E-state index is 14.2. The summed E-state index contributed by atoms with van der Waals surface area (Å²) in [6, 6.07) is 6.64. The zero-order chi connectivity index (χ0) is 22.1. The van der Waals surface area contributed by atoms with Crippen molar-refractivity contribution in [2.24, 2.45) is 0 Å².